The zero-order valence-corrected chi connectivity index (χ0v) is 8.01. The van der Waals surface area contributed by atoms with Gasteiger partial charge in [-0.3, -0.25) is 10.2 Å². The van der Waals surface area contributed by atoms with Crippen molar-refractivity contribution in [1.29, 1.82) is 0 Å². The standard InChI is InChI=1S/C9H10F2N2O2/c1-15-8-4-7(11)6(10)2-5(8)3-9(14)13-12/h2,4H,3,12H2,1H3,(H,13,14). The van der Waals surface area contributed by atoms with E-state index in [1.54, 1.807) is 0 Å². The number of amides is 1. The molecule has 0 aliphatic heterocycles. The smallest absolute Gasteiger partial charge is 0.238 e. The summed E-state index contributed by atoms with van der Waals surface area (Å²) in [6.07, 6.45) is -0.170. The average molecular weight is 216 g/mol. The molecule has 0 aromatic heterocycles. The van der Waals surface area contributed by atoms with Crippen molar-refractivity contribution in [1.82, 2.24) is 5.43 Å². The van der Waals surface area contributed by atoms with Crippen molar-refractivity contribution in [3.63, 3.8) is 0 Å². The van der Waals surface area contributed by atoms with Crippen LogP contribution in [-0.4, -0.2) is 13.0 Å². The maximum atomic E-state index is 12.9. The Labute approximate surface area is 85.0 Å². The van der Waals surface area contributed by atoms with Gasteiger partial charge in [0.2, 0.25) is 5.91 Å². The number of nitrogens with two attached hydrogens (primary N) is 1. The van der Waals surface area contributed by atoms with E-state index in [0.717, 1.165) is 12.1 Å². The van der Waals surface area contributed by atoms with Gasteiger partial charge in [-0.05, 0) is 6.07 Å². The van der Waals surface area contributed by atoms with Crippen LogP contribution < -0.4 is 16.0 Å². The van der Waals surface area contributed by atoms with E-state index in [0.29, 0.717) is 0 Å². The van der Waals surface area contributed by atoms with Gasteiger partial charge in [0.1, 0.15) is 5.75 Å². The van der Waals surface area contributed by atoms with Gasteiger partial charge >= 0.3 is 0 Å². The van der Waals surface area contributed by atoms with Crippen LogP contribution in [0.4, 0.5) is 8.78 Å². The van der Waals surface area contributed by atoms with Gasteiger partial charge in [-0.2, -0.15) is 0 Å². The first-order chi connectivity index (χ1) is 7.08. The van der Waals surface area contributed by atoms with Crippen molar-refractivity contribution in [3.05, 3.63) is 29.3 Å². The number of halogens is 2. The second-order valence-electron chi connectivity index (χ2n) is 2.82. The maximum absolute atomic E-state index is 12.9. The summed E-state index contributed by atoms with van der Waals surface area (Å²) in [4.78, 5) is 10.9. The summed E-state index contributed by atoms with van der Waals surface area (Å²) in [5, 5.41) is 0. The molecule has 82 valence electrons. The van der Waals surface area contributed by atoms with Crippen LogP contribution in [0.2, 0.25) is 0 Å². The number of carbonyl (C=O) groups is 1. The van der Waals surface area contributed by atoms with E-state index in [-0.39, 0.29) is 17.7 Å². The van der Waals surface area contributed by atoms with Crippen LogP contribution in [0, 0.1) is 11.6 Å². The van der Waals surface area contributed by atoms with E-state index in [2.05, 4.69) is 0 Å². The van der Waals surface area contributed by atoms with Crippen LogP contribution in [0.15, 0.2) is 12.1 Å². The molecule has 1 aromatic carbocycles. The number of nitrogens with one attached hydrogen (secondary N) is 1. The van der Waals surface area contributed by atoms with Crippen LogP contribution in [0.5, 0.6) is 5.75 Å². The highest BCUT2D eigenvalue weighted by Gasteiger charge is 2.12. The number of methoxy groups -OCH3 is 1. The molecule has 0 saturated carbocycles. The molecular formula is C9H10F2N2O2. The lowest BCUT2D eigenvalue weighted by molar-refractivity contribution is -0.120. The van der Waals surface area contributed by atoms with Gasteiger partial charge in [0.25, 0.3) is 0 Å². The Morgan fingerprint density at radius 2 is 2.07 bits per heavy atom. The van der Waals surface area contributed by atoms with E-state index in [1.165, 1.54) is 7.11 Å². The summed E-state index contributed by atoms with van der Waals surface area (Å²) >= 11 is 0. The zero-order valence-electron chi connectivity index (χ0n) is 8.01. The largest absolute Gasteiger partial charge is 0.496 e. The normalized spacial score (nSPS) is 9.87. The molecular weight excluding hydrogens is 206 g/mol. The third-order valence-corrected chi connectivity index (χ3v) is 1.84. The lowest BCUT2D eigenvalue weighted by atomic mass is 10.1. The first-order valence-electron chi connectivity index (χ1n) is 4.09. The Bertz CT molecular complexity index is 383. The minimum Gasteiger partial charge on any atom is -0.496 e. The molecule has 6 heteroatoms. The first kappa shape index (κ1) is 11.4. The lowest BCUT2D eigenvalue weighted by Gasteiger charge is -2.08. The van der Waals surface area contributed by atoms with Gasteiger partial charge in [0, 0.05) is 11.6 Å². The molecule has 0 fully saturated rings. The number of ether oxygens (including phenoxy) is 1. The predicted octanol–water partition coefficient (Wildman–Crippen LogP) is 0.506. The molecule has 0 aliphatic rings. The molecule has 1 aromatic rings. The van der Waals surface area contributed by atoms with Crippen LogP contribution >= 0.6 is 0 Å². The molecule has 15 heavy (non-hydrogen) atoms. The monoisotopic (exact) mass is 216 g/mol. The molecule has 1 rings (SSSR count). The summed E-state index contributed by atoms with van der Waals surface area (Å²) in [7, 11) is 1.30. The zero-order chi connectivity index (χ0) is 11.4. The van der Waals surface area contributed by atoms with Crippen LogP contribution in [-0.2, 0) is 11.2 Å². The Hall–Kier alpha value is -1.69. The topological polar surface area (TPSA) is 64.3 Å². The Kier molecular flexibility index (Phi) is 3.56. The fourth-order valence-corrected chi connectivity index (χ4v) is 1.12. The fraction of sp³-hybridized carbons (Fsp3) is 0.222. The third kappa shape index (κ3) is 2.63. The number of hydrogen-bond donors (Lipinski definition) is 2. The van der Waals surface area contributed by atoms with Crippen molar-refractivity contribution in [2.75, 3.05) is 7.11 Å². The maximum Gasteiger partial charge on any atom is 0.238 e. The molecule has 0 heterocycles. The summed E-state index contributed by atoms with van der Waals surface area (Å²) in [5.74, 6) is 2.41. The van der Waals surface area contributed by atoms with Crippen LogP contribution in [0.25, 0.3) is 0 Å². The summed E-state index contributed by atoms with van der Waals surface area (Å²) in [6.45, 7) is 0. The van der Waals surface area contributed by atoms with Crippen molar-refractivity contribution in [3.8, 4) is 5.75 Å². The molecule has 0 bridgehead atoms. The molecule has 0 radical (unpaired) electrons. The number of carbonyl (C=O) groups excluding carboxylic acids is 1. The minimum atomic E-state index is -1.03. The molecule has 4 nitrogen and oxygen atoms in total. The molecule has 0 atom stereocenters. The molecule has 0 spiro atoms. The van der Waals surface area contributed by atoms with Gasteiger partial charge in [-0.1, -0.05) is 0 Å². The second-order valence-corrected chi connectivity index (χ2v) is 2.82. The van der Waals surface area contributed by atoms with E-state index >= 15 is 0 Å². The van der Waals surface area contributed by atoms with Gasteiger partial charge < -0.3 is 4.74 Å². The van der Waals surface area contributed by atoms with E-state index < -0.39 is 17.5 Å². The number of hydrogen-bond acceptors (Lipinski definition) is 3. The van der Waals surface area contributed by atoms with Gasteiger partial charge in [0.15, 0.2) is 11.6 Å². The molecule has 0 unspecified atom stereocenters. The van der Waals surface area contributed by atoms with Gasteiger partial charge in [0.05, 0.1) is 13.5 Å². The predicted molar refractivity (Wildman–Crippen MR) is 48.9 cm³/mol. The van der Waals surface area contributed by atoms with Crippen molar-refractivity contribution >= 4 is 5.91 Å². The average Bonchev–Trinajstić information content (AvgIpc) is 2.22. The number of benzene rings is 1. The van der Waals surface area contributed by atoms with Crippen LogP contribution in [0.3, 0.4) is 0 Å². The summed E-state index contributed by atoms with van der Waals surface area (Å²) in [5.41, 5.74) is 2.12. The quantitative estimate of drug-likeness (QED) is 0.439. The van der Waals surface area contributed by atoms with E-state index in [1.807, 2.05) is 5.43 Å². The van der Waals surface area contributed by atoms with Crippen LogP contribution in [0.1, 0.15) is 5.56 Å². The van der Waals surface area contributed by atoms with Gasteiger partial charge in [-0.25, -0.2) is 14.6 Å². The Morgan fingerprint density at radius 3 is 2.60 bits per heavy atom. The molecule has 1 amide bonds. The first-order valence-corrected chi connectivity index (χ1v) is 4.09. The van der Waals surface area contributed by atoms with E-state index in [4.69, 9.17) is 10.6 Å². The highest BCUT2D eigenvalue weighted by Crippen LogP contribution is 2.22. The molecule has 0 aliphatic carbocycles. The van der Waals surface area contributed by atoms with E-state index in [9.17, 15) is 13.6 Å². The molecule has 3 N–H and O–H groups in total. The van der Waals surface area contributed by atoms with Gasteiger partial charge in [-0.15, -0.1) is 0 Å². The fourth-order valence-electron chi connectivity index (χ4n) is 1.12. The van der Waals surface area contributed by atoms with Crippen molar-refractivity contribution in [2.24, 2.45) is 5.84 Å². The summed E-state index contributed by atoms with van der Waals surface area (Å²) < 4.78 is 30.4. The summed E-state index contributed by atoms with van der Waals surface area (Å²) in [6, 6.07) is 1.79. The highest BCUT2D eigenvalue weighted by atomic mass is 19.2. The van der Waals surface area contributed by atoms with Crippen molar-refractivity contribution < 1.29 is 18.3 Å². The Balaban J connectivity index is 3.05. The number of hydrazine groups is 1. The number of rotatable bonds is 3. The lowest BCUT2D eigenvalue weighted by Crippen LogP contribution is -2.31. The van der Waals surface area contributed by atoms with Crippen molar-refractivity contribution in [2.45, 2.75) is 6.42 Å². The minimum absolute atomic E-state index is 0.109. The highest BCUT2D eigenvalue weighted by molar-refractivity contribution is 5.78. The third-order valence-electron chi connectivity index (χ3n) is 1.84. The SMILES string of the molecule is COc1cc(F)c(F)cc1CC(=O)NN. The molecule has 0 saturated heterocycles. The Morgan fingerprint density at radius 1 is 1.47 bits per heavy atom. The second kappa shape index (κ2) is 4.70.